The van der Waals surface area contributed by atoms with E-state index in [2.05, 4.69) is 38.1 Å². The van der Waals surface area contributed by atoms with Crippen LogP contribution in [-0.4, -0.2) is 28.9 Å². The molecule has 1 amide bonds. The van der Waals surface area contributed by atoms with Crippen molar-refractivity contribution in [1.29, 1.82) is 0 Å². The second-order valence-electron chi connectivity index (χ2n) is 6.23. The van der Waals surface area contributed by atoms with E-state index in [1.807, 2.05) is 4.90 Å². The molecule has 118 valence electrons. The zero-order valence-electron chi connectivity index (χ0n) is 13.6. The van der Waals surface area contributed by atoms with Crippen molar-refractivity contribution in [2.24, 2.45) is 17.7 Å². The Bertz CT molecular complexity index is 416. The quantitative estimate of drug-likeness (QED) is 0.571. The molecule has 21 heavy (non-hydrogen) atoms. The number of nitrogens with one attached hydrogen (secondary N) is 1. The van der Waals surface area contributed by atoms with E-state index in [9.17, 15) is 4.79 Å². The Labute approximate surface area is 127 Å². The fourth-order valence-corrected chi connectivity index (χ4v) is 1.91. The Morgan fingerprint density at radius 1 is 1.19 bits per heavy atom. The van der Waals surface area contributed by atoms with E-state index in [0.717, 1.165) is 25.9 Å². The van der Waals surface area contributed by atoms with Gasteiger partial charge in [0.1, 0.15) is 5.69 Å². The van der Waals surface area contributed by atoms with Gasteiger partial charge in [0.25, 0.3) is 5.91 Å². The summed E-state index contributed by atoms with van der Waals surface area (Å²) in [5.74, 6) is 6.47. The van der Waals surface area contributed by atoms with Crippen molar-refractivity contribution >= 4 is 11.6 Å². The van der Waals surface area contributed by atoms with Gasteiger partial charge >= 0.3 is 0 Å². The van der Waals surface area contributed by atoms with E-state index in [-0.39, 0.29) is 5.91 Å². The van der Waals surface area contributed by atoms with Gasteiger partial charge in [-0.1, -0.05) is 27.7 Å². The molecule has 0 aliphatic heterocycles. The van der Waals surface area contributed by atoms with Crippen LogP contribution < -0.4 is 11.3 Å². The van der Waals surface area contributed by atoms with Crippen LogP contribution in [0, 0.1) is 11.8 Å². The van der Waals surface area contributed by atoms with E-state index in [1.54, 1.807) is 18.3 Å². The molecule has 3 N–H and O–H groups in total. The maximum absolute atomic E-state index is 12.6. The Balaban J connectivity index is 2.75. The third kappa shape index (κ3) is 6.12. The number of rotatable bonds is 8. The molecule has 0 saturated heterocycles. The lowest BCUT2D eigenvalue weighted by Crippen LogP contribution is -2.34. The number of hydrogen-bond acceptors (Lipinski definition) is 4. The van der Waals surface area contributed by atoms with Crippen LogP contribution in [0.15, 0.2) is 18.3 Å². The Morgan fingerprint density at radius 2 is 1.76 bits per heavy atom. The van der Waals surface area contributed by atoms with E-state index in [0.29, 0.717) is 23.2 Å². The summed E-state index contributed by atoms with van der Waals surface area (Å²) in [7, 11) is 0. The number of hydrogen-bond donors (Lipinski definition) is 2. The highest BCUT2D eigenvalue weighted by molar-refractivity contribution is 5.92. The standard InChI is InChI=1S/C16H28N4O/c1-12(2)7-9-20(10-8-13(3)4)16(21)15-6-5-14(19-17)11-18-15/h5-6,11-13,19H,7-10,17H2,1-4H3. The number of carbonyl (C=O) groups is 1. The number of nitrogens with zero attached hydrogens (tertiary/aromatic N) is 2. The predicted octanol–water partition coefficient (Wildman–Crippen LogP) is 2.90. The number of carbonyl (C=O) groups excluding carboxylic acids is 1. The zero-order chi connectivity index (χ0) is 15.8. The van der Waals surface area contributed by atoms with Crippen LogP contribution in [0.3, 0.4) is 0 Å². The van der Waals surface area contributed by atoms with Crippen molar-refractivity contribution in [3.8, 4) is 0 Å². The number of aromatic nitrogens is 1. The van der Waals surface area contributed by atoms with Crippen LogP contribution in [0.5, 0.6) is 0 Å². The Hall–Kier alpha value is -1.62. The van der Waals surface area contributed by atoms with Crippen LogP contribution in [-0.2, 0) is 0 Å². The normalized spacial score (nSPS) is 11.0. The van der Waals surface area contributed by atoms with Gasteiger partial charge in [0.05, 0.1) is 11.9 Å². The van der Waals surface area contributed by atoms with Gasteiger partial charge in [-0.2, -0.15) is 0 Å². The van der Waals surface area contributed by atoms with Gasteiger partial charge in [-0.25, -0.2) is 4.98 Å². The van der Waals surface area contributed by atoms with Gasteiger partial charge < -0.3 is 10.3 Å². The minimum atomic E-state index is -0.000119. The summed E-state index contributed by atoms with van der Waals surface area (Å²) >= 11 is 0. The molecule has 0 unspecified atom stereocenters. The van der Waals surface area contributed by atoms with Gasteiger partial charge in [-0.15, -0.1) is 0 Å². The molecule has 0 spiro atoms. The van der Waals surface area contributed by atoms with Crippen molar-refractivity contribution in [1.82, 2.24) is 9.88 Å². The average Bonchev–Trinajstić information content (AvgIpc) is 2.46. The summed E-state index contributed by atoms with van der Waals surface area (Å²) in [5, 5.41) is 0. The van der Waals surface area contributed by atoms with Crippen LogP contribution in [0.4, 0.5) is 5.69 Å². The second kappa shape index (κ2) is 8.62. The molecular formula is C16H28N4O. The van der Waals surface area contributed by atoms with Gasteiger partial charge in [-0.05, 0) is 36.8 Å². The molecule has 0 aliphatic rings. The monoisotopic (exact) mass is 292 g/mol. The smallest absolute Gasteiger partial charge is 0.272 e. The van der Waals surface area contributed by atoms with E-state index >= 15 is 0 Å². The first-order valence-corrected chi connectivity index (χ1v) is 7.66. The molecule has 1 aromatic rings. The lowest BCUT2D eigenvalue weighted by molar-refractivity contribution is 0.0735. The molecule has 0 saturated carbocycles. The highest BCUT2D eigenvalue weighted by Gasteiger charge is 2.17. The van der Waals surface area contributed by atoms with Gasteiger partial charge in [0, 0.05) is 13.1 Å². The third-order valence-corrected chi connectivity index (χ3v) is 3.39. The van der Waals surface area contributed by atoms with Gasteiger partial charge in [-0.3, -0.25) is 10.6 Å². The Kier molecular flexibility index (Phi) is 7.15. The van der Waals surface area contributed by atoms with Gasteiger partial charge in [0.2, 0.25) is 0 Å². The lowest BCUT2D eigenvalue weighted by atomic mass is 10.1. The summed E-state index contributed by atoms with van der Waals surface area (Å²) < 4.78 is 0. The second-order valence-corrected chi connectivity index (χ2v) is 6.23. The van der Waals surface area contributed by atoms with Crippen molar-refractivity contribution < 1.29 is 4.79 Å². The summed E-state index contributed by atoms with van der Waals surface area (Å²) in [5.41, 5.74) is 3.69. The number of nitrogen functional groups attached to an aromatic ring is 1. The van der Waals surface area contributed by atoms with Crippen LogP contribution in [0.1, 0.15) is 51.0 Å². The topological polar surface area (TPSA) is 71.2 Å². The first kappa shape index (κ1) is 17.4. The number of hydrazine groups is 1. The number of anilines is 1. The summed E-state index contributed by atoms with van der Waals surface area (Å²) in [6.45, 7) is 10.2. The largest absolute Gasteiger partial charge is 0.337 e. The SMILES string of the molecule is CC(C)CCN(CCC(C)C)C(=O)c1ccc(NN)cn1. The van der Waals surface area contributed by atoms with Crippen LogP contribution >= 0.6 is 0 Å². The molecule has 1 heterocycles. The maximum atomic E-state index is 12.6. The fourth-order valence-electron chi connectivity index (χ4n) is 1.91. The van der Waals surface area contributed by atoms with Crippen molar-refractivity contribution in [3.63, 3.8) is 0 Å². The highest BCUT2D eigenvalue weighted by Crippen LogP contribution is 2.11. The molecule has 0 bridgehead atoms. The summed E-state index contributed by atoms with van der Waals surface area (Å²) in [6.07, 6.45) is 3.59. The lowest BCUT2D eigenvalue weighted by Gasteiger charge is -2.24. The van der Waals surface area contributed by atoms with E-state index < -0.39 is 0 Å². The zero-order valence-corrected chi connectivity index (χ0v) is 13.6. The van der Waals surface area contributed by atoms with Crippen molar-refractivity contribution in [2.45, 2.75) is 40.5 Å². The molecular weight excluding hydrogens is 264 g/mol. The minimum Gasteiger partial charge on any atom is -0.337 e. The first-order chi connectivity index (χ1) is 9.93. The number of amides is 1. The van der Waals surface area contributed by atoms with E-state index in [4.69, 9.17) is 5.84 Å². The number of nitrogens with two attached hydrogens (primary N) is 1. The fraction of sp³-hybridized carbons (Fsp3) is 0.625. The first-order valence-electron chi connectivity index (χ1n) is 7.66. The van der Waals surface area contributed by atoms with Crippen molar-refractivity contribution in [3.05, 3.63) is 24.0 Å². The highest BCUT2D eigenvalue weighted by atomic mass is 16.2. The molecule has 5 nitrogen and oxygen atoms in total. The summed E-state index contributed by atoms with van der Waals surface area (Å²) in [6, 6.07) is 3.48. The van der Waals surface area contributed by atoms with Gasteiger partial charge in [0.15, 0.2) is 0 Å². The van der Waals surface area contributed by atoms with E-state index in [1.165, 1.54) is 0 Å². The van der Waals surface area contributed by atoms with Crippen molar-refractivity contribution in [2.75, 3.05) is 18.5 Å². The molecule has 0 aromatic carbocycles. The molecule has 0 atom stereocenters. The number of pyridine rings is 1. The third-order valence-electron chi connectivity index (χ3n) is 3.39. The predicted molar refractivity (Wildman–Crippen MR) is 86.9 cm³/mol. The average molecular weight is 292 g/mol. The Morgan fingerprint density at radius 3 is 2.14 bits per heavy atom. The summed E-state index contributed by atoms with van der Waals surface area (Å²) in [4.78, 5) is 18.7. The molecule has 1 aromatic heterocycles. The maximum Gasteiger partial charge on any atom is 0.272 e. The molecule has 0 radical (unpaired) electrons. The van der Waals surface area contributed by atoms with Crippen LogP contribution in [0.2, 0.25) is 0 Å². The minimum absolute atomic E-state index is 0.000119. The molecule has 5 heteroatoms. The molecule has 0 fully saturated rings. The molecule has 1 rings (SSSR count). The van der Waals surface area contributed by atoms with Crippen LogP contribution in [0.25, 0.3) is 0 Å². The molecule has 0 aliphatic carbocycles.